The Labute approximate surface area is 209 Å². The number of nitrogens with two attached hydrogens (primary N) is 1. The van der Waals surface area contributed by atoms with Gasteiger partial charge in [-0.25, -0.2) is 9.59 Å². The van der Waals surface area contributed by atoms with Crippen LogP contribution in [0.15, 0.2) is 48.6 Å². The van der Waals surface area contributed by atoms with Gasteiger partial charge in [0.25, 0.3) is 5.79 Å². The molecule has 1 aromatic rings. The molecule has 12 heteroatoms. The highest BCUT2D eigenvalue weighted by molar-refractivity contribution is 5.89. The molecule has 0 bridgehead atoms. The maximum Gasteiger partial charge on any atom is 0.328 e. The number of carbonyl (C=O) groups excluding carboxylic acids is 2. The van der Waals surface area contributed by atoms with Crippen molar-refractivity contribution in [2.24, 2.45) is 0 Å². The number of carbonyl (C=O) groups is 4. The van der Waals surface area contributed by atoms with E-state index in [0.717, 1.165) is 24.5 Å². The van der Waals surface area contributed by atoms with Gasteiger partial charge in [-0.1, -0.05) is 12.1 Å². The van der Waals surface area contributed by atoms with Crippen LogP contribution in [-0.2, 0) is 19.2 Å². The van der Waals surface area contributed by atoms with Gasteiger partial charge in [-0.3, -0.25) is 0 Å². The van der Waals surface area contributed by atoms with Gasteiger partial charge in [0.1, 0.15) is 13.1 Å². The summed E-state index contributed by atoms with van der Waals surface area (Å²) in [6.45, 7) is 12.4. The summed E-state index contributed by atoms with van der Waals surface area (Å²) in [5.41, 5.74) is 0. The van der Waals surface area contributed by atoms with Crippen molar-refractivity contribution < 1.29 is 59.3 Å². The number of hydrogen-bond acceptors (Lipinski definition) is 8. The molecule has 1 aliphatic heterocycles. The molecule has 1 heterocycles. The SMILES string of the molecule is CC[NH+](CC)CC[NH2+]CCC1(C)Oc2ccccc2O1.O=C([O-])/C=C\C(=O)O.O=C([O-])/C=C\C(=O)O. The van der Waals surface area contributed by atoms with Crippen LogP contribution in [0.1, 0.15) is 27.2 Å². The van der Waals surface area contributed by atoms with Gasteiger partial charge in [-0.05, 0) is 38.1 Å². The average Bonchev–Trinajstić information content (AvgIpc) is 3.16. The van der Waals surface area contributed by atoms with Crippen molar-refractivity contribution in [2.45, 2.75) is 33.0 Å². The fraction of sp³-hybridized carbons (Fsp3) is 0.417. The molecule has 5 N–H and O–H groups in total. The van der Waals surface area contributed by atoms with Gasteiger partial charge in [0.2, 0.25) is 0 Å². The average molecular weight is 511 g/mol. The lowest BCUT2D eigenvalue weighted by molar-refractivity contribution is -0.909. The maximum atomic E-state index is 9.53. The second-order valence-electron chi connectivity index (χ2n) is 7.59. The van der Waals surface area contributed by atoms with Crippen LogP contribution >= 0.6 is 0 Å². The van der Waals surface area contributed by atoms with E-state index in [1.54, 1.807) is 4.90 Å². The first-order chi connectivity index (χ1) is 16.9. The van der Waals surface area contributed by atoms with Gasteiger partial charge < -0.3 is 49.7 Å². The fourth-order valence-electron chi connectivity index (χ4n) is 2.90. The minimum atomic E-state index is -1.51. The predicted molar refractivity (Wildman–Crippen MR) is 123 cm³/mol. The third-order valence-electron chi connectivity index (χ3n) is 4.73. The molecular weight excluding hydrogens is 476 g/mol. The van der Waals surface area contributed by atoms with Crippen LogP contribution in [0, 0.1) is 0 Å². The Kier molecular flexibility index (Phi) is 15.6. The van der Waals surface area contributed by atoms with Crippen molar-refractivity contribution in [3.63, 3.8) is 0 Å². The predicted octanol–water partition coefficient (Wildman–Crippen LogP) is -3.19. The van der Waals surface area contributed by atoms with Gasteiger partial charge in [-0.2, -0.15) is 0 Å². The van der Waals surface area contributed by atoms with Crippen LogP contribution in [0.25, 0.3) is 0 Å². The number of carboxylic acids is 4. The molecule has 0 saturated carbocycles. The Bertz CT molecular complexity index is 819. The number of carboxylic acid groups (broad SMARTS) is 4. The minimum Gasteiger partial charge on any atom is -0.545 e. The van der Waals surface area contributed by atoms with E-state index in [-0.39, 0.29) is 0 Å². The van der Waals surface area contributed by atoms with E-state index in [4.69, 9.17) is 19.7 Å². The lowest BCUT2D eigenvalue weighted by atomic mass is 10.2. The smallest absolute Gasteiger partial charge is 0.328 e. The zero-order valence-corrected chi connectivity index (χ0v) is 20.6. The van der Waals surface area contributed by atoms with Crippen LogP contribution in [0.2, 0.25) is 0 Å². The standard InChI is InChI=1S/C16H26N2O2.2C4H4O4/c1-4-18(5-2)13-12-17-11-10-16(3)19-14-8-6-7-9-15(14)20-16;2*5-3(6)1-2-4(7)8/h6-9,17H,4-5,10-13H2,1-3H3;2*1-2H,(H,5,6)(H,7,8)/b;2*2-1-. The molecule has 200 valence electrons. The van der Waals surface area contributed by atoms with Gasteiger partial charge >= 0.3 is 11.9 Å². The molecule has 1 aliphatic rings. The molecular formula is C24H34N2O10. The second kappa shape index (κ2) is 17.5. The molecule has 0 aliphatic carbocycles. The largest absolute Gasteiger partial charge is 0.545 e. The molecule has 0 saturated heterocycles. The molecule has 2 rings (SSSR count). The molecule has 0 unspecified atom stereocenters. The number of aliphatic carboxylic acids is 4. The minimum absolute atomic E-state index is 0.447. The van der Waals surface area contributed by atoms with E-state index < -0.39 is 29.7 Å². The van der Waals surface area contributed by atoms with Crippen LogP contribution in [0.3, 0.4) is 0 Å². The highest BCUT2D eigenvalue weighted by Gasteiger charge is 2.36. The zero-order valence-electron chi connectivity index (χ0n) is 20.6. The van der Waals surface area contributed by atoms with E-state index in [2.05, 4.69) is 19.2 Å². The Morgan fingerprint density at radius 2 is 1.33 bits per heavy atom. The number of para-hydroxylation sites is 2. The number of ether oxygens (including phenoxy) is 2. The molecule has 0 spiro atoms. The van der Waals surface area contributed by atoms with Crippen LogP contribution in [-0.4, -0.2) is 72.6 Å². The molecule has 1 aromatic carbocycles. The Balaban J connectivity index is 0.000000634. The molecule has 0 atom stereocenters. The second-order valence-corrected chi connectivity index (χ2v) is 7.59. The molecule has 0 aromatic heterocycles. The maximum absolute atomic E-state index is 9.53. The lowest BCUT2D eigenvalue weighted by Gasteiger charge is -2.22. The van der Waals surface area contributed by atoms with Crippen molar-refractivity contribution in [2.75, 3.05) is 32.7 Å². The van der Waals surface area contributed by atoms with Crippen LogP contribution in [0.4, 0.5) is 0 Å². The van der Waals surface area contributed by atoms with E-state index in [9.17, 15) is 29.4 Å². The lowest BCUT2D eigenvalue weighted by Crippen LogP contribution is -3.14. The summed E-state index contributed by atoms with van der Waals surface area (Å²) >= 11 is 0. The number of quaternary nitrogens is 2. The summed E-state index contributed by atoms with van der Waals surface area (Å²) in [5, 5.41) is 36.8. The van der Waals surface area contributed by atoms with E-state index >= 15 is 0 Å². The Hall–Kier alpha value is -3.90. The summed E-state index contributed by atoms with van der Waals surface area (Å²) in [5.74, 6) is -4.38. The third kappa shape index (κ3) is 15.9. The van der Waals surface area contributed by atoms with Gasteiger partial charge in [0.05, 0.1) is 38.0 Å². The van der Waals surface area contributed by atoms with Crippen molar-refractivity contribution in [3.05, 3.63) is 48.6 Å². The Morgan fingerprint density at radius 3 is 1.67 bits per heavy atom. The van der Waals surface area contributed by atoms with Crippen molar-refractivity contribution in [1.82, 2.24) is 0 Å². The molecule has 0 radical (unpaired) electrons. The summed E-state index contributed by atoms with van der Waals surface area (Å²) in [6.07, 6.45) is 2.78. The van der Waals surface area contributed by atoms with Crippen LogP contribution < -0.4 is 29.9 Å². The normalized spacial score (nSPS) is 13.0. The summed E-state index contributed by atoms with van der Waals surface area (Å²) in [7, 11) is 0. The van der Waals surface area contributed by atoms with Crippen LogP contribution in [0.5, 0.6) is 11.5 Å². The summed E-state index contributed by atoms with van der Waals surface area (Å²) in [6, 6.07) is 7.89. The number of fused-ring (bicyclic) bond motifs is 1. The first-order valence-electron chi connectivity index (χ1n) is 11.3. The van der Waals surface area contributed by atoms with Crippen molar-refractivity contribution in [1.29, 1.82) is 0 Å². The number of hydrogen-bond donors (Lipinski definition) is 4. The first kappa shape index (κ1) is 32.1. The summed E-state index contributed by atoms with van der Waals surface area (Å²) in [4.78, 5) is 39.6. The number of rotatable bonds is 12. The van der Waals surface area contributed by atoms with Gasteiger partial charge in [0, 0.05) is 19.1 Å². The van der Waals surface area contributed by atoms with Gasteiger partial charge in [0.15, 0.2) is 11.5 Å². The summed E-state index contributed by atoms with van der Waals surface area (Å²) < 4.78 is 11.8. The van der Waals surface area contributed by atoms with Crippen molar-refractivity contribution >= 4 is 23.9 Å². The monoisotopic (exact) mass is 510 g/mol. The highest BCUT2D eigenvalue weighted by Crippen LogP contribution is 2.39. The Morgan fingerprint density at radius 1 is 0.889 bits per heavy atom. The van der Waals surface area contributed by atoms with Crippen molar-refractivity contribution in [3.8, 4) is 11.5 Å². The fourth-order valence-corrected chi connectivity index (χ4v) is 2.90. The zero-order chi connectivity index (χ0) is 27.6. The molecule has 0 fully saturated rings. The quantitative estimate of drug-likeness (QED) is 0.164. The number of nitrogens with one attached hydrogen (secondary N) is 1. The number of benzene rings is 1. The highest BCUT2D eigenvalue weighted by atomic mass is 16.7. The number of likely N-dealkylation sites (N-methyl/N-ethyl adjacent to an activating group) is 1. The molecule has 36 heavy (non-hydrogen) atoms. The van der Waals surface area contributed by atoms with E-state index in [1.807, 2.05) is 31.2 Å². The topological polar surface area (TPSA) is 194 Å². The van der Waals surface area contributed by atoms with Gasteiger partial charge in [-0.15, -0.1) is 0 Å². The first-order valence-corrected chi connectivity index (χ1v) is 11.3. The van der Waals surface area contributed by atoms with E-state index in [0.29, 0.717) is 24.3 Å². The van der Waals surface area contributed by atoms with E-state index in [1.165, 1.54) is 26.2 Å². The molecule has 12 nitrogen and oxygen atoms in total. The molecule has 0 amide bonds. The third-order valence-corrected chi connectivity index (χ3v) is 4.73.